The van der Waals surface area contributed by atoms with E-state index in [1.807, 2.05) is 30.0 Å². The number of carbonyl (C=O) groups excluding carboxylic acids is 1. The van der Waals surface area contributed by atoms with Crippen molar-refractivity contribution in [3.8, 4) is 0 Å². The van der Waals surface area contributed by atoms with Crippen LogP contribution in [0, 0.1) is 6.92 Å². The van der Waals surface area contributed by atoms with Gasteiger partial charge >= 0.3 is 0 Å². The summed E-state index contributed by atoms with van der Waals surface area (Å²) in [7, 11) is 0. The van der Waals surface area contributed by atoms with Gasteiger partial charge in [-0.1, -0.05) is 6.07 Å². The Morgan fingerprint density at radius 1 is 1.29 bits per heavy atom. The van der Waals surface area contributed by atoms with Crippen LogP contribution in [0.15, 0.2) is 41.3 Å². The smallest absolute Gasteiger partial charge is 0.254 e. The molecule has 6 heteroatoms. The van der Waals surface area contributed by atoms with E-state index in [-0.39, 0.29) is 11.5 Å². The zero-order valence-electron chi connectivity index (χ0n) is 13.7. The predicted octanol–water partition coefficient (Wildman–Crippen LogP) is 1.77. The molecule has 1 aliphatic rings. The van der Waals surface area contributed by atoms with Crippen molar-refractivity contribution >= 4 is 11.6 Å². The fourth-order valence-corrected chi connectivity index (χ4v) is 2.73. The third-order valence-electron chi connectivity index (χ3n) is 4.14. The Morgan fingerprint density at radius 3 is 2.79 bits per heavy atom. The van der Waals surface area contributed by atoms with Gasteiger partial charge in [-0.05, 0) is 36.8 Å². The average molecular weight is 327 g/mol. The number of hydrogen-bond donors (Lipinski definition) is 2. The minimum atomic E-state index is -0.0956. The van der Waals surface area contributed by atoms with Gasteiger partial charge in [-0.15, -0.1) is 0 Å². The van der Waals surface area contributed by atoms with E-state index in [9.17, 15) is 9.59 Å². The highest BCUT2D eigenvalue weighted by Gasteiger charge is 2.18. The van der Waals surface area contributed by atoms with Crippen LogP contribution in [-0.4, -0.2) is 42.1 Å². The maximum Gasteiger partial charge on any atom is 0.254 e. The van der Waals surface area contributed by atoms with E-state index in [4.69, 9.17) is 4.74 Å². The summed E-state index contributed by atoms with van der Waals surface area (Å²) in [6, 6.07) is 9.19. The van der Waals surface area contributed by atoms with E-state index < -0.39 is 0 Å². The van der Waals surface area contributed by atoms with Crippen molar-refractivity contribution in [3.05, 3.63) is 63.6 Å². The van der Waals surface area contributed by atoms with Crippen LogP contribution in [0.2, 0.25) is 0 Å². The molecule has 1 fully saturated rings. The first-order chi connectivity index (χ1) is 11.6. The van der Waals surface area contributed by atoms with Crippen molar-refractivity contribution in [3.63, 3.8) is 0 Å². The monoisotopic (exact) mass is 327 g/mol. The van der Waals surface area contributed by atoms with Crippen LogP contribution >= 0.6 is 0 Å². The average Bonchev–Trinajstić information content (AvgIpc) is 2.62. The van der Waals surface area contributed by atoms with Gasteiger partial charge in [-0.25, -0.2) is 0 Å². The van der Waals surface area contributed by atoms with E-state index in [2.05, 4.69) is 10.3 Å². The van der Waals surface area contributed by atoms with Crippen molar-refractivity contribution in [1.82, 2.24) is 9.88 Å². The number of nitrogens with one attached hydrogen (secondary N) is 2. The Kier molecular flexibility index (Phi) is 4.96. The SMILES string of the molecule is Cc1cc(C(=O)N2CCOCC2)ccc1NCc1ccc[nH]c1=O. The van der Waals surface area contributed by atoms with Crippen molar-refractivity contribution in [1.29, 1.82) is 0 Å². The van der Waals surface area contributed by atoms with Crippen molar-refractivity contribution in [2.45, 2.75) is 13.5 Å². The Morgan fingerprint density at radius 2 is 2.08 bits per heavy atom. The molecule has 126 valence electrons. The number of carbonyl (C=O) groups is 1. The Labute approximate surface area is 140 Å². The Bertz CT molecular complexity index is 779. The zero-order valence-corrected chi connectivity index (χ0v) is 13.7. The normalized spacial score (nSPS) is 14.5. The van der Waals surface area contributed by atoms with Gasteiger partial charge < -0.3 is 19.9 Å². The third-order valence-corrected chi connectivity index (χ3v) is 4.14. The highest BCUT2D eigenvalue weighted by Crippen LogP contribution is 2.18. The van der Waals surface area contributed by atoms with Gasteiger partial charge in [0, 0.05) is 42.6 Å². The molecule has 0 spiro atoms. The molecule has 1 amide bonds. The summed E-state index contributed by atoms with van der Waals surface area (Å²) in [6.07, 6.45) is 1.61. The molecule has 1 aromatic carbocycles. The van der Waals surface area contributed by atoms with E-state index in [0.717, 1.165) is 11.3 Å². The molecule has 0 bridgehead atoms. The van der Waals surface area contributed by atoms with Crippen molar-refractivity contribution in [2.24, 2.45) is 0 Å². The van der Waals surface area contributed by atoms with Crippen LogP contribution in [-0.2, 0) is 11.3 Å². The molecule has 0 saturated carbocycles. The van der Waals surface area contributed by atoms with Crippen molar-refractivity contribution < 1.29 is 9.53 Å². The quantitative estimate of drug-likeness (QED) is 0.897. The minimum Gasteiger partial charge on any atom is -0.381 e. The number of nitrogens with zero attached hydrogens (tertiary/aromatic N) is 1. The molecule has 0 unspecified atom stereocenters. The fourth-order valence-electron chi connectivity index (χ4n) is 2.73. The third kappa shape index (κ3) is 3.65. The summed E-state index contributed by atoms with van der Waals surface area (Å²) in [6.45, 7) is 4.84. The van der Waals surface area contributed by atoms with Crippen LogP contribution in [0.3, 0.4) is 0 Å². The topological polar surface area (TPSA) is 74.4 Å². The number of hydrogen-bond acceptors (Lipinski definition) is 4. The van der Waals surface area contributed by atoms with E-state index in [1.165, 1.54) is 0 Å². The van der Waals surface area contributed by atoms with Gasteiger partial charge in [0.2, 0.25) is 0 Å². The molecule has 3 rings (SSSR count). The molecule has 0 radical (unpaired) electrons. The number of H-pyrrole nitrogens is 1. The lowest BCUT2D eigenvalue weighted by molar-refractivity contribution is 0.0303. The van der Waals surface area contributed by atoms with E-state index in [0.29, 0.717) is 44.0 Å². The standard InChI is InChI=1S/C18H21N3O3/c1-13-11-14(18(23)21-7-9-24-10-8-21)4-5-16(13)20-12-15-3-2-6-19-17(15)22/h2-6,11,20H,7-10,12H2,1H3,(H,19,22). The highest BCUT2D eigenvalue weighted by atomic mass is 16.5. The lowest BCUT2D eigenvalue weighted by Crippen LogP contribution is -2.40. The number of aryl methyl sites for hydroxylation is 1. The first kappa shape index (κ1) is 16.3. The molecular formula is C18H21N3O3. The fraction of sp³-hybridized carbons (Fsp3) is 0.333. The molecule has 2 heterocycles. The van der Waals surface area contributed by atoms with E-state index >= 15 is 0 Å². The molecule has 24 heavy (non-hydrogen) atoms. The summed E-state index contributed by atoms with van der Waals surface area (Å²) >= 11 is 0. The van der Waals surface area contributed by atoms with Gasteiger partial charge in [0.15, 0.2) is 0 Å². The number of pyridine rings is 1. The summed E-state index contributed by atoms with van der Waals surface area (Å²) in [4.78, 5) is 28.6. The molecule has 1 aromatic heterocycles. The molecule has 6 nitrogen and oxygen atoms in total. The maximum absolute atomic E-state index is 12.5. The highest BCUT2D eigenvalue weighted by molar-refractivity contribution is 5.95. The second-order valence-electron chi connectivity index (χ2n) is 5.81. The van der Waals surface area contributed by atoms with E-state index in [1.54, 1.807) is 18.3 Å². The number of anilines is 1. The Balaban J connectivity index is 1.69. The van der Waals surface area contributed by atoms with Crippen LogP contribution in [0.5, 0.6) is 0 Å². The number of rotatable bonds is 4. The molecular weight excluding hydrogens is 306 g/mol. The van der Waals surface area contributed by atoms with Gasteiger partial charge in [0.25, 0.3) is 11.5 Å². The maximum atomic E-state index is 12.5. The molecule has 0 atom stereocenters. The summed E-state index contributed by atoms with van der Waals surface area (Å²) < 4.78 is 5.28. The molecule has 1 saturated heterocycles. The second kappa shape index (κ2) is 7.31. The summed E-state index contributed by atoms with van der Waals surface area (Å²) in [5.74, 6) is 0.0347. The molecule has 0 aliphatic carbocycles. The first-order valence-corrected chi connectivity index (χ1v) is 8.03. The van der Waals surface area contributed by atoms with Gasteiger partial charge in [-0.2, -0.15) is 0 Å². The zero-order chi connectivity index (χ0) is 16.9. The number of morpholine rings is 1. The molecule has 2 aromatic rings. The lowest BCUT2D eigenvalue weighted by Gasteiger charge is -2.27. The van der Waals surface area contributed by atoms with Crippen LogP contribution in [0.4, 0.5) is 5.69 Å². The van der Waals surface area contributed by atoms with Gasteiger partial charge in [0.1, 0.15) is 0 Å². The number of ether oxygens (including phenoxy) is 1. The molecule has 1 aliphatic heterocycles. The second-order valence-corrected chi connectivity index (χ2v) is 5.81. The number of aromatic amines is 1. The van der Waals surface area contributed by atoms with Crippen LogP contribution in [0.25, 0.3) is 0 Å². The van der Waals surface area contributed by atoms with Crippen molar-refractivity contribution in [2.75, 3.05) is 31.6 Å². The first-order valence-electron chi connectivity index (χ1n) is 8.03. The number of aromatic nitrogens is 1. The number of benzene rings is 1. The van der Waals surface area contributed by atoms with Crippen LogP contribution in [0.1, 0.15) is 21.5 Å². The lowest BCUT2D eigenvalue weighted by atomic mass is 10.1. The minimum absolute atomic E-state index is 0.0347. The van der Waals surface area contributed by atoms with Gasteiger partial charge in [0.05, 0.1) is 13.2 Å². The summed E-state index contributed by atoms with van der Waals surface area (Å²) in [5.41, 5.74) is 3.14. The largest absolute Gasteiger partial charge is 0.381 e. The Hall–Kier alpha value is -2.60. The predicted molar refractivity (Wildman–Crippen MR) is 92.3 cm³/mol. The van der Waals surface area contributed by atoms with Gasteiger partial charge in [-0.3, -0.25) is 9.59 Å². The molecule has 2 N–H and O–H groups in total. The summed E-state index contributed by atoms with van der Waals surface area (Å²) in [5, 5.41) is 3.25. The number of amides is 1. The van der Waals surface area contributed by atoms with Crippen LogP contribution < -0.4 is 10.9 Å².